The molecule has 0 aromatic carbocycles. The Bertz CT molecular complexity index is 91.2. The summed E-state index contributed by atoms with van der Waals surface area (Å²) in [6, 6.07) is 0. The van der Waals surface area contributed by atoms with Crippen molar-refractivity contribution in [1.82, 2.24) is 0 Å². The molecule has 0 fully saturated rings. The van der Waals surface area contributed by atoms with E-state index in [4.69, 9.17) is 17.5 Å². The van der Waals surface area contributed by atoms with Crippen molar-refractivity contribution in [3.05, 3.63) is 0 Å². The molecule has 7 heteroatoms. The Morgan fingerprint density at radius 2 is 1.14 bits per heavy atom. The first-order valence-corrected chi connectivity index (χ1v) is 2.10. The van der Waals surface area contributed by atoms with Crippen LogP contribution in [0.4, 0.5) is 0 Å². The molecule has 4 N–H and O–H groups in total. The van der Waals surface area contributed by atoms with Gasteiger partial charge in [0.1, 0.15) is 0 Å². The van der Waals surface area contributed by atoms with E-state index in [1.165, 1.54) is 0 Å². The van der Waals surface area contributed by atoms with Gasteiger partial charge in [-0.25, -0.2) is 0 Å². The zero-order valence-electron chi connectivity index (χ0n) is 3.03. The van der Waals surface area contributed by atoms with Crippen LogP contribution in [0.2, 0.25) is 0 Å². The summed E-state index contributed by atoms with van der Waals surface area (Å²) < 4.78 is 31.6. The summed E-state index contributed by atoms with van der Waals surface area (Å²) in [5, 5.41) is 0. The van der Waals surface area contributed by atoms with Crippen LogP contribution < -0.4 is 0 Å². The molecule has 0 heterocycles. The number of hydrogen-bond donors (Lipinski definition) is 2. The van der Waals surface area contributed by atoms with Crippen molar-refractivity contribution in [2.24, 2.45) is 0 Å². The van der Waals surface area contributed by atoms with Gasteiger partial charge in [0, 0.05) is 21.1 Å². The van der Waals surface area contributed by atoms with Crippen LogP contribution in [0.1, 0.15) is 0 Å². The minimum atomic E-state index is -4.67. The Morgan fingerprint density at radius 1 is 1.14 bits per heavy atom. The van der Waals surface area contributed by atoms with E-state index in [1.807, 2.05) is 0 Å². The fourth-order valence-electron chi connectivity index (χ4n) is 0. The summed E-state index contributed by atoms with van der Waals surface area (Å²) in [4.78, 5) is 0. The predicted octanol–water partition coefficient (Wildman–Crippen LogP) is -1.48. The largest absolute Gasteiger partial charge is 0.412 e. The molecule has 0 aliphatic heterocycles. The smallest absolute Gasteiger partial charge is 0.394 e. The van der Waals surface area contributed by atoms with Crippen LogP contribution in [0.15, 0.2) is 0 Å². The van der Waals surface area contributed by atoms with Gasteiger partial charge in [-0.05, 0) is 0 Å². The minimum Gasteiger partial charge on any atom is -0.412 e. The van der Waals surface area contributed by atoms with Gasteiger partial charge in [0.15, 0.2) is 0 Å². The van der Waals surface area contributed by atoms with E-state index in [2.05, 4.69) is 0 Å². The molecular weight excluding hydrogens is 208 g/mol. The third kappa shape index (κ3) is 495. The van der Waals surface area contributed by atoms with Crippen LogP contribution in [0, 0.1) is 0 Å². The van der Waals surface area contributed by atoms with Crippen LogP contribution in [0.5, 0.6) is 0 Å². The van der Waals surface area contributed by atoms with Gasteiger partial charge in [0.2, 0.25) is 0 Å². The molecule has 0 aromatic heterocycles. The van der Waals surface area contributed by atoms with Gasteiger partial charge in [-0.2, -0.15) is 8.42 Å². The molecule has 0 aliphatic carbocycles. The Labute approximate surface area is 54.9 Å². The van der Waals surface area contributed by atoms with E-state index in [0.717, 1.165) is 0 Å². The first-order valence-electron chi connectivity index (χ1n) is 0.698. The van der Waals surface area contributed by atoms with Crippen molar-refractivity contribution in [2.75, 3.05) is 0 Å². The maximum absolute atomic E-state index is 8.74. The quantitative estimate of drug-likeness (QED) is 0.377. The van der Waals surface area contributed by atoms with Gasteiger partial charge in [-0.3, -0.25) is 9.11 Å². The number of hydrogen-bond acceptors (Lipinski definition) is 2. The third-order valence-corrected chi connectivity index (χ3v) is 0. The topological polar surface area (TPSA) is 106 Å². The molecular formula is H4MoO5S. The molecule has 7 heavy (non-hydrogen) atoms. The maximum atomic E-state index is 8.74. The second-order valence-corrected chi connectivity index (χ2v) is 1.34. The average molecular weight is 212 g/mol. The molecule has 0 radical (unpaired) electrons. The van der Waals surface area contributed by atoms with Crippen LogP contribution in [-0.2, 0) is 31.5 Å². The van der Waals surface area contributed by atoms with Crippen molar-refractivity contribution in [3.8, 4) is 0 Å². The van der Waals surface area contributed by atoms with Gasteiger partial charge in [0.05, 0.1) is 0 Å². The van der Waals surface area contributed by atoms with Crippen molar-refractivity contribution in [2.45, 2.75) is 0 Å². The van der Waals surface area contributed by atoms with E-state index in [9.17, 15) is 0 Å². The average Bonchev–Trinajstić information content (AvgIpc) is 0.722. The van der Waals surface area contributed by atoms with Gasteiger partial charge < -0.3 is 5.48 Å². The van der Waals surface area contributed by atoms with Gasteiger partial charge in [-0.15, -0.1) is 0 Å². The van der Waals surface area contributed by atoms with E-state index >= 15 is 0 Å². The summed E-state index contributed by atoms with van der Waals surface area (Å²) in [6.07, 6.45) is 0. The van der Waals surface area contributed by atoms with Crippen molar-refractivity contribution in [1.29, 1.82) is 0 Å². The van der Waals surface area contributed by atoms with Crippen LogP contribution in [-0.4, -0.2) is 23.0 Å². The van der Waals surface area contributed by atoms with Gasteiger partial charge >= 0.3 is 10.4 Å². The third-order valence-electron chi connectivity index (χ3n) is 0. The maximum Gasteiger partial charge on any atom is 0.394 e. The molecule has 0 saturated heterocycles. The molecule has 0 aliphatic rings. The van der Waals surface area contributed by atoms with E-state index in [0.29, 0.717) is 0 Å². The molecule has 0 spiro atoms. The Kier molecular flexibility index (Phi) is 10.4. The Morgan fingerprint density at radius 3 is 1.14 bits per heavy atom. The second kappa shape index (κ2) is 4.67. The first kappa shape index (κ1) is 15.6. The predicted molar refractivity (Wildman–Crippen MR) is 17.8 cm³/mol. The van der Waals surface area contributed by atoms with Crippen LogP contribution in [0.3, 0.4) is 0 Å². The van der Waals surface area contributed by atoms with Gasteiger partial charge in [0.25, 0.3) is 0 Å². The first-order chi connectivity index (χ1) is 2.00. The molecule has 0 atom stereocenters. The van der Waals surface area contributed by atoms with Gasteiger partial charge in [-0.1, -0.05) is 0 Å². The van der Waals surface area contributed by atoms with E-state index in [1.54, 1.807) is 0 Å². The normalized spacial score (nSPS) is 8.29. The monoisotopic (exact) mass is 214 g/mol. The van der Waals surface area contributed by atoms with E-state index in [-0.39, 0.29) is 26.5 Å². The summed E-state index contributed by atoms with van der Waals surface area (Å²) in [7, 11) is -4.67. The Hall–Kier alpha value is 0.518. The second-order valence-electron chi connectivity index (χ2n) is 0.448. The van der Waals surface area contributed by atoms with Crippen LogP contribution >= 0.6 is 0 Å². The summed E-state index contributed by atoms with van der Waals surface area (Å²) in [5.74, 6) is 0. The zero-order valence-corrected chi connectivity index (χ0v) is 5.85. The molecule has 0 unspecified atom stereocenters. The minimum absolute atomic E-state index is 0. The van der Waals surface area contributed by atoms with Crippen molar-refractivity contribution >= 4 is 10.4 Å². The number of rotatable bonds is 0. The fourth-order valence-corrected chi connectivity index (χ4v) is 0. The zero-order chi connectivity index (χ0) is 4.50. The summed E-state index contributed by atoms with van der Waals surface area (Å²) >= 11 is 0. The van der Waals surface area contributed by atoms with Crippen molar-refractivity contribution in [3.63, 3.8) is 0 Å². The fraction of sp³-hybridized carbons (Fsp3) is 0. The SMILES string of the molecule is O.O=S(=O)(O)O.[Mo]. The van der Waals surface area contributed by atoms with Crippen molar-refractivity contribution < 1.29 is 44.1 Å². The molecule has 0 aromatic rings. The Balaban J connectivity index is -0.0000000800. The summed E-state index contributed by atoms with van der Waals surface area (Å²) in [6.45, 7) is 0. The standard InChI is InChI=1S/Mo.H2O4S.H2O/c;1-5(2,3)4;/h;(H2,1,2,3,4);1H2. The summed E-state index contributed by atoms with van der Waals surface area (Å²) in [5.41, 5.74) is 0. The molecule has 0 rings (SSSR count). The molecule has 46 valence electrons. The molecule has 0 amide bonds. The molecule has 0 bridgehead atoms. The van der Waals surface area contributed by atoms with Crippen LogP contribution in [0.25, 0.3) is 0 Å². The molecule has 5 nitrogen and oxygen atoms in total. The van der Waals surface area contributed by atoms with E-state index < -0.39 is 10.4 Å². The molecule has 0 saturated carbocycles.